The van der Waals surface area contributed by atoms with Crippen LogP contribution in [0.15, 0.2) is 30.3 Å². The van der Waals surface area contributed by atoms with Crippen LogP contribution in [-0.4, -0.2) is 55.2 Å². The zero-order valence-corrected chi connectivity index (χ0v) is 13.8. The molecule has 0 aliphatic carbocycles. The van der Waals surface area contributed by atoms with Gasteiger partial charge in [0.1, 0.15) is 0 Å². The maximum absolute atomic E-state index is 12.0. The molecule has 1 aliphatic heterocycles. The Balaban J connectivity index is 1.43. The number of nitrogens with zero attached hydrogens (tertiary/aromatic N) is 2. The van der Waals surface area contributed by atoms with Crippen molar-refractivity contribution >= 4 is 22.5 Å². The fourth-order valence-electron chi connectivity index (χ4n) is 2.87. The van der Waals surface area contributed by atoms with Crippen LogP contribution in [0.4, 0.5) is 5.69 Å². The average molecular weight is 328 g/mol. The zero-order valence-electron chi connectivity index (χ0n) is 13.8. The normalized spacial score (nSPS) is 15.5. The highest BCUT2D eigenvalue weighted by molar-refractivity contribution is 5.83. The topological polar surface area (TPSA) is 80.5 Å². The lowest BCUT2D eigenvalue weighted by Crippen LogP contribution is -2.38. The first kappa shape index (κ1) is 16.7. The van der Waals surface area contributed by atoms with Crippen LogP contribution in [0, 0.1) is 0 Å². The molecule has 0 bridgehead atoms. The smallest absolute Gasteiger partial charge is 0.226 e. The summed E-state index contributed by atoms with van der Waals surface area (Å²) in [6, 6.07) is 9.44. The van der Waals surface area contributed by atoms with Gasteiger partial charge in [0, 0.05) is 30.7 Å². The Labute approximate surface area is 142 Å². The highest BCUT2D eigenvalue weighted by atomic mass is 16.5. The molecule has 24 heavy (non-hydrogen) atoms. The van der Waals surface area contributed by atoms with Crippen molar-refractivity contribution < 1.29 is 9.53 Å². The number of nitrogen functional groups attached to an aromatic ring is 1. The maximum atomic E-state index is 12.0. The number of rotatable bonds is 6. The van der Waals surface area contributed by atoms with Gasteiger partial charge >= 0.3 is 0 Å². The molecule has 6 nitrogen and oxygen atoms in total. The van der Waals surface area contributed by atoms with E-state index in [1.54, 1.807) is 0 Å². The van der Waals surface area contributed by atoms with Gasteiger partial charge in [-0.3, -0.25) is 14.7 Å². The number of hydrogen-bond acceptors (Lipinski definition) is 5. The minimum absolute atomic E-state index is 0.0132. The van der Waals surface area contributed by atoms with Crippen LogP contribution >= 0.6 is 0 Å². The van der Waals surface area contributed by atoms with Crippen molar-refractivity contribution in [3.8, 4) is 0 Å². The van der Waals surface area contributed by atoms with Crippen LogP contribution in [0.2, 0.25) is 0 Å². The largest absolute Gasteiger partial charge is 0.399 e. The summed E-state index contributed by atoms with van der Waals surface area (Å²) in [5.74, 6) is 0.0132. The first-order chi connectivity index (χ1) is 11.7. The molecule has 2 aromatic rings. The molecule has 1 aromatic heterocycles. The molecule has 0 saturated carbocycles. The quantitative estimate of drug-likeness (QED) is 0.615. The molecule has 1 saturated heterocycles. The zero-order chi connectivity index (χ0) is 16.8. The van der Waals surface area contributed by atoms with Crippen molar-refractivity contribution in [3.63, 3.8) is 0 Å². The van der Waals surface area contributed by atoms with Gasteiger partial charge < -0.3 is 15.8 Å². The highest BCUT2D eigenvalue weighted by Gasteiger charge is 2.10. The molecule has 1 fully saturated rings. The van der Waals surface area contributed by atoms with Crippen LogP contribution < -0.4 is 11.1 Å². The van der Waals surface area contributed by atoms with Gasteiger partial charge in [-0.05, 0) is 37.2 Å². The number of carbonyl (C=O) groups excluding carboxylic acids is 1. The molecule has 3 N–H and O–H groups in total. The molecule has 6 heteroatoms. The monoisotopic (exact) mass is 328 g/mol. The number of pyridine rings is 1. The Bertz CT molecular complexity index is 698. The molecule has 0 spiro atoms. The molecule has 1 aromatic carbocycles. The van der Waals surface area contributed by atoms with Crippen LogP contribution in [0.1, 0.15) is 12.1 Å². The highest BCUT2D eigenvalue weighted by Crippen LogP contribution is 2.16. The second kappa shape index (κ2) is 8.08. The number of carbonyl (C=O) groups is 1. The number of anilines is 1. The van der Waals surface area contributed by atoms with Gasteiger partial charge in [0.15, 0.2) is 0 Å². The molecule has 0 unspecified atom stereocenters. The molecule has 1 aliphatic rings. The summed E-state index contributed by atoms with van der Waals surface area (Å²) in [7, 11) is 0. The van der Waals surface area contributed by atoms with Gasteiger partial charge in [0.05, 0.1) is 30.8 Å². The number of fused-ring (bicyclic) bond motifs is 1. The Morgan fingerprint density at radius 2 is 2.08 bits per heavy atom. The molecule has 1 amide bonds. The van der Waals surface area contributed by atoms with Crippen molar-refractivity contribution in [2.24, 2.45) is 0 Å². The van der Waals surface area contributed by atoms with Crippen LogP contribution in [0.25, 0.3) is 10.9 Å². The van der Waals surface area contributed by atoms with Gasteiger partial charge in [-0.15, -0.1) is 0 Å². The van der Waals surface area contributed by atoms with Crippen molar-refractivity contribution in [1.29, 1.82) is 0 Å². The Morgan fingerprint density at radius 3 is 2.92 bits per heavy atom. The Kier molecular flexibility index (Phi) is 5.61. The fraction of sp³-hybridized carbons (Fsp3) is 0.444. The van der Waals surface area contributed by atoms with E-state index in [1.807, 2.05) is 30.3 Å². The third kappa shape index (κ3) is 4.66. The van der Waals surface area contributed by atoms with E-state index >= 15 is 0 Å². The number of hydrogen-bond donors (Lipinski definition) is 2. The van der Waals surface area contributed by atoms with E-state index in [9.17, 15) is 4.79 Å². The Morgan fingerprint density at radius 1 is 1.25 bits per heavy atom. The van der Waals surface area contributed by atoms with E-state index in [1.165, 1.54) is 0 Å². The number of nitrogens with one attached hydrogen (secondary N) is 1. The van der Waals surface area contributed by atoms with E-state index in [-0.39, 0.29) is 5.91 Å². The number of benzene rings is 1. The number of ether oxygens (including phenoxy) is 1. The molecular weight excluding hydrogens is 304 g/mol. The predicted octanol–water partition coefficient (Wildman–Crippen LogP) is 1.20. The van der Waals surface area contributed by atoms with Gasteiger partial charge in [-0.1, -0.05) is 6.07 Å². The SMILES string of the molecule is Nc1ccc2nc(CC(=O)NCCCN3CCOCC3)ccc2c1. The first-order valence-corrected chi connectivity index (χ1v) is 8.43. The van der Waals surface area contributed by atoms with Crippen molar-refractivity contribution in [2.75, 3.05) is 45.1 Å². The molecule has 0 radical (unpaired) electrons. The average Bonchev–Trinajstić information content (AvgIpc) is 2.60. The minimum Gasteiger partial charge on any atom is -0.399 e. The summed E-state index contributed by atoms with van der Waals surface area (Å²) in [6.45, 7) is 5.29. The van der Waals surface area contributed by atoms with Gasteiger partial charge in [-0.25, -0.2) is 0 Å². The molecular formula is C18H24N4O2. The molecule has 2 heterocycles. The summed E-state index contributed by atoms with van der Waals surface area (Å²) in [5, 5.41) is 3.96. The van der Waals surface area contributed by atoms with Gasteiger partial charge in [0.25, 0.3) is 0 Å². The summed E-state index contributed by atoms with van der Waals surface area (Å²) < 4.78 is 5.32. The number of aromatic nitrogens is 1. The summed E-state index contributed by atoms with van der Waals surface area (Å²) in [5.41, 5.74) is 8.12. The van der Waals surface area contributed by atoms with Crippen LogP contribution in [0.5, 0.6) is 0 Å². The molecule has 128 valence electrons. The van der Waals surface area contributed by atoms with E-state index in [0.717, 1.165) is 61.6 Å². The lowest BCUT2D eigenvalue weighted by molar-refractivity contribution is -0.120. The predicted molar refractivity (Wildman–Crippen MR) is 94.7 cm³/mol. The third-order valence-corrected chi connectivity index (χ3v) is 4.19. The van der Waals surface area contributed by atoms with Crippen molar-refractivity contribution in [2.45, 2.75) is 12.8 Å². The standard InChI is InChI=1S/C18H24N4O2/c19-15-3-5-17-14(12-15)2-4-16(21-17)13-18(23)20-6-1-7-22-8-10-24-11-9-22/h2-5,12H,1,6-11,13,19H2,(H,20,23). The first-order valence-electron chi connectivity index (χ1n) is 8.43. The van der Waals surface area contributed by atoms with Crippen LogP contribution in [-0.2, 0) is 16.0 Å². The van der Waals surface area contributed by atoms with E-state index < -0.39 is 0 Å². The molecule has 3 rings (SSSR count). The van der Waals surface area contributed by atoms with E-state index in [4.69, 9.17) is 10.5 Å². The van der Waals surface area contributed by atoms with Crippen molar-refractivity contribution in [1.82, 2.24) is 15.2 Å². The van der Waals surface area contributed by atoms with Crippen LogP contribution in [0.3, 0.4) is 0 Å². The Hall–Kier alpha value is -2.18. The second-order valence-electron chi connectivity index (χ2n) is 6.09. The third-order valence-electron chi connectivity index (χ3n) is 4.19. The summed E-state index contributed by atoms with van der Waals surface area (Å²) in [6.07, 6.45) is 1.26. The molecule has 0 atom stereocenters. The second-order valence-corrected chi connectivity index (χ2v) is 6.09. The maximum Gasteiger partial charge on any atom is 0.226 e. The lowest BCUT2D eigenvalue weighted by Gasteiger charge is -2.26. The van der Waals surface area contributed by atoms with E-state index in [0.29, 0.717) is 13.0 Å². The fourth-order valence-corrected chi connectivity index (χ4v) is 2.87. The summed E-state index contributed by atoms with van der Waals surface area (Å²) in [4.78, 5) is 18.9. The minimum atomic E-state index is 0.0132. The van der Waals surface area contributed by atoms with Gasteiger partial charge in [-0.2, -0.15) is 0 Å². The number of amides is 1. The van der Waals surface area contributed by atoms with E-state index in [2.05, 4.69) is 15.2 Å². The van der Waals surface area contributed by atoms with Gasteiger partial charge in [0.2, 0.25) is 5.91 Å². The number of morpholine rings is 1. The number of nitrogens with two attached hydrogens (primary N) is 1. The summed E-state index contributed by atoms with van der Waals surface area (Å²) >= 11 is 0. The van der Waals surface area contributed by atoms with Crippen molar-refractivity contribution in [3.05, 3.63) is 36.0 Å². The lowest BCUT2D eigenvalue weighted by atomic mass is 10.1.